The monoisotopic (exact) mass is 387 g/mol. The van der Waals surface area contributed by atoms with E-state index in [9.17, 15) is 14.9 Å². The Labute approximate surface area is 164 Å². The molecule has 0 N–H and O–H groups in total. The third-order valence-electron chi connectivity index (χ3n) is 4.86. The smallest absolute Gasteiger partial charge is 0.253 e. The van der Waals surface area contributed by atoms with Crippen LogP contribution in [-0.4, -0.2) is 32.0 Å². The molecule has 0 saturated carbocycles. The van der Waals surface area contributed by atoms with Gasteiger partial charge in [0.1, 0.15) is 5.78 Å². The second kappa shape index (κ2) is 9.21. The molecule has 1 unspecified atom stereocenters. The summed E-state index contributed by atoms with van der Waals surface area (Å²) in [5, 5.41) is 11.9. The zero-order valence-electron chi connectivity index (χ0n) is 16.6. The maximum atomic E-state index is 12.8. The van der Waals surface area contributed by atoms with Crippen LogP contribution >= 0.6 is 0 Å². The zero-order chi connectivity index (χ0) is 20.7. The predicted octanol–water partition coefficient (Wildman–Crippen LogP) is 3.80. The van der Waals surface area contributed by atoms with Gasteiger partial charge in [-0.05, 0) is 17.7 Å². The highest BCUT2D eigenvalue weighted by atomic mass is 16.6. The number of benzene rings is 2. The molecular formula is C21H25NO6. The van der Waals surface area contributed by atoms with E-state index in [-0.39, 0.29) is 30.0 Å². The fraction of sp³-hybridized carbons (Fsp3) is 0.381. The average molecular weight is 387 g/mol. The molecule has 0 aromatic heterocycles. The van der Waals surface area contributed by atoms with E-state index in [1.165, 1.54) is 21.3 Å². The van der Waals surface area contributed by atoms with Crippen LogP contribution in [0, 0.1) is 10.1 Å². The molecule has 0 bridgehead atoms. The third kappa shape index (κ3) is 4.24. The Morgan fingerprint density at radius 2 is 1.61 bits per heavy atom. The van der Waals surface area contributed by atoms with Crippen LogP contribution in [0.2, 0.25) is 0 Å². The van der Waals surface area contributed by atoms with E-state index in [0.717, 1.165) is 0 Å². The van der Waals surface area contributed by atoms with Crippen LogP contribution < -0.4 is 14.2 Å². The van der Waals surface area contributed by atoms with Gasteiger partial charge >= 0.3 is 0 Å². The number of ketones is 1. The number of hydrogen-bond acceptors (Lipinski definition) is 6. The average Bonchev–Trinajstić information content (AvgIpc) is 2.71. The summed E-state index contributed by atoms with van der Waals surface area (Å²) in [6.45, 7) is 1.72. The molecule has 28 heavy (non-hydrogen) atoms. The van der Waals surface area contributed by atoms with E-state index in [4.69, 9.17) is 14.2 Å². The van der Waals surface area contributed by atoms with Crippen LogP contribution in [0.15, 0.2) is 42.5 Å². The van der Waals surface area contributed by atoms with Gasteiger partial charge < -0.3 is 14.2 Å². The highest BCUT2D eigenvalue weighted by molar-refractivity contribution is 5.82. The third-order valence-corrected chi connectivity index (χ3v) is 4.86. The summed E-state index contributed by atoms with van der Waals surface area (Å²) in [6, 6.07) is 12.0. The van der Waals surface area contributed by atoms with Crippen molar-refractivity contribution in [2.24, 2.45) is 0 Å². The summed E-state index contributed by atoms with van der Waals surface area (Å²) in [6.07, 6.45) is 0.0430. The van der Waals surface area contributed by atoms with Crippen molar-refractivity contribution < 1.29 is 23.9 Å². The van der Waals surface area contributed by atoms with Crippen molar-refractivity contribution in [3.63, 3.8) is 0 Å². The number of nitro groups is 1. The van der Waals surface area contributed by atoms with Crippen molar-refractivity contribution in [3.05, 3.63) is 63.7 Å². The van der Waals surface area contributed by atoms with E-state index < -0.39 is 5.54 Å². The molecule has 0 radical (unpaired) electrons. The summed E-state index contributed by atoms with van der Waals surface area (Å²) in [4.78, 5) is 24.4. The maximum Gasteiger partial charge on any atom is 0.253 e. The molecule has 0 amide bonds. The van der Waals surface area contributed by atoms with Crippen LogP contribution in [-0.2, 0) is 16.8 Å². The van der Waals surface area contributed by atoms with Crippen molar-refractivity contribution >= 4 is 5.78 Å². The fourth-order valence-electron chi connectivity index (χ4n) is 3.33. The molecule has 0 aliphatic rings. The molecule has 2 aromatic rings. The van der Waals surface area contributed by atoms with Crippen LogP contribution in [0.1, 0.15) is 30.9 Å². The summed E-state index contributed by atoms with van der Waals surface area (Å²) >= 11 is 0. The molecule has 2 rings (SSSR count). The number of rotatable bonds is 10. The van der Waals surface area contributed by atoms with Crippen molar-refractivity contribution in [2.45, 2.75) is 31.7 Å². The van der Waals surface area contributed by atoms with Crippen LogP contribution in [0.5, 0.6) is 17.2 Å². The normalized spacial score (nSPS) is 12.7. The van der Waals surface area contributed by atoms with Crippen molar-refractivity contribution in [3.8, 4) is 17.2 Å². The number of carbonyl (C=O) groups excluding carboxylic acids is 1. The lowest BCUT2D eigenvalue weighted by atomic mass is 9.82. The van der Waals surface area contributed by atoms with Gasteiger partial charge in [0.05, 0.1) is 27.8 Å². The van der Waals surface area contributed by atoms with E-state index in [0.29, 0.717) is 28.4 Å². The first-order chi connectivity index (χ1) is 13.4. The molecule has 7 heteroatoms. The number of hydrogen-bond donors (Lipinski definition) is 0. The first-order valence-corrected chi connectivity index (χ1v) is 8.92. The van der Waals surface area contributed by atoms with Gasteiger partial charge in [-0.15, -0.1) is 0 Å². The zero-order valence-corrected chi connectivity index (χ0v) is 16.6. The van der Waals surface area contributed by atoms with Gasteiger partial charge in [-0.25, -0.2) is 0 Å². The standard InChI is InChI=1S/C21H25NO6/c1-5-21(22(24)25,16-9-7-6-8-10-16)14-17(23)11-15-12-18(26-2)20(28-4)19(13-15)27-3/h6-10,12-13H,5,11,14H2,1-4H3. The van der Waals surface area contributed by atoms with Gasteiger partial charge in [0.15, 0.2) is 11.5 Å². The molecule has 0 aliphatic carbocycles. The maximum absolute atomic E-state index is 12.8. The second-order valence-electron chi connectivity index (χ2n) is 6.43. The summed E-state index contributed by atoms with van der Waals surface area (Å²) in [7, 11) is 4.48. The number of nitrogens with zero attached hydrogens (tertiary/aromatic N) is 1. The van der Waals surface area contributed by atoms with Crippen LogP contribution in [0.3, 0.4) is 0 Å². The van der Waals surface area contributed by atoms with Crippen LogP contribution in [0.4, 0.5) is 0 Å². The first-order valence-electron chi connectivity index (χ1n) is 8.92. The Morgan fingerprint density at radius 3 is 2.04 bits per heavy atom. The summed E-state index contributed by atoms with van der Waals surface area (Å²) in [5.41, 5.74) is -0.277. The summed E-state index contributed by atoms with van der Waals surface area (Å²) < 4.78 is 15.9. The van der Waals surface area contributed by atoms with Gasteiger partial charge in [0.25, 0.3) is 5.54 Å². The molecule has 1 atom stereocenters. The van der Waals surface area contributed by atoms with Crippen molar-refractivity contribution in [2.75, 3.05) is 21.3 Å². The summed E-state index contributed by atoms with van der Waals surface area (Å²) in [5.74, 6) is 1.06. The first kappa shape index (κ1) is 21.2. The molecule has 2 aromatic carbocycles. The van der Waals surface area contributed by atoms with Crippen LogP contribution in [0.25, 0.3) is 0 Å². The Morgan fingerprint density at radius 1 is 1.04 bits per heavy atom. The largest absolute Gasteiger partial charge is 0.493 e. The molecule has 0 spiro atoms. The molecule has 150 valence electrons. The SMILES string of the molecule is CCC(CC(=O)Cc1cc(OC)c(OC)c(OC)c1)(c1ccccc1)[N+](=O)[O-]. The van der Waals surface area contributed by atoms with Gasteiger partial charge in [-0.2, -0.15) is 0 Å². The van der Waals surface area contributed by atoms with E-state index in [2.05, 4.69) is 0 Å². The lowest BCUT2D eigenvalue weighted by Crippen LogP contribution is -2.37. The minimum atomic E-state index is -1.45. The topological polar surface area (TPSA) is 87.9 Å². The highest BCUT2D eigenvalue weighted by Crippen LogP contribution is 2.39. The number of carbonyl (C=O) groups is 1. The molecule has 0 aliphatic heterocycles. The van der Waals surface area contributed by atoms with Gasteiger partial charge in [-0.3, -0.25) is 14.9 Å². The Hall–Kier alpha value is -3.09. The molecule has 0 saturated heterocycles. The van der Waals surface area contributed by atoms with Gasteiger partial charge in [0.2, 0.25) is 5.75 Å². The van der Waals surface area contributed by atoms with E-state index >= 15 is 0 Å². The van der Waals surface area contributed by atoms with E-state index in [1.54, 1.807) is 49.4 Å². The number of methoxy groups -OCH3 is 3. The van der Waals surface area contributed by atoms with Crippen molar-refractivity contribution in [1.82, 2.24) is 0 Å². The quantitative estimate of drug-likeness (QED) is 0.455. The fourth-order valence-corrected chi connectivity index (χ4v) is 3.33. The highest BCUT2D eigenvalue weighted by Gasteiger charge is 2.44. The Kier molecular flexibility index (Phi) is 6.98. The van der Waals surface area contributed by atoms with Crippen molar-refractivity contribution in [1.29, 1.82) is 0 Å². The lowest BCUT2D eigenvalue weighted by Gasteiger charge is -2.24. The molecule has 7 nitrogen and oxygen atoms in total. The van der Waals surface area contributed by atoms with Gasteiger partial charge in [0, 0.05) is 23.3 Å². The molecule has 0 fully saturated rings. The number of ether oxygens (including phenoxy) is 3. The van der Waals surface area contributed by atoms with E-state index in [1.807, 2.05) is 0 Å². The lowest BCUT2D eigenvalue weighted by molar-refractivity contribution is -0.579. The molecule has 0 heterocycles. The van der Waals surface area contributed by atoms with Gasteiger partial charge in [-0.1, -0.05) is 37.3 Å². The number of Topliss-reactive ketones (excluding diaryl/α,β-unsaturated/α-hetero) is 1. The predicted molar refractivity (Wildman–Crippen MR) is 105 cm³/mol. The second-order valence-corrected chi connectivity index (χ2v) is 6.43. The minimum absolute atomic E-state index is 0.0269. The Bertz CT molecular complexity index is 811. The minimum Gasteiger partial charge on any atom is -0.493 e. The molecular weight excluding hydrogens is 362 g/mol. The Balaban J connectivity index is 2.32.